The number of hydrogen-bond acceptors (Lipinski definition) is 3. The fraction of sp³-hybridized carbons (Fsp3) is 0.231. The van der Waals surface area contributed by atoms with E-state index in [2.05, 4.69) is 5.32 Å². The van der Waals surface area contributed by atoms with Crippen molar-refractivity contribution >= 4 is 11.8 Å². The van der Waals surface area contributed by atoms with Gasteiger partial charge in [-0.3, -0.25) is 9.59 Å². The number of nitrogens with zero attached hydrogens (tertiary/aromatic N) is 1. The van der Waals surface area contributed by atoms with Crippen LogP contribution in [0, 0.1) is 0 Å². The highest BCUT2D eigenvalue weighted by molar-refractivity contribution is 5.88. The Labute approximate surface area is 183 Å². The molecule has 0 radical (unpaired) electrons. The van der Waals surface area contributed by atoms with Gasteiger partial charge in [0.05, 0.1) is 7.11 Å². The van der Waals surface area contributed by atoms with E-state index in [-0.39, 0.29) is 11.8 Å². The smallest absolute Gasteiger partial charge is 0.247 e. The van der Waals surface area contributed by atoms with Gasteiger partial charge in [-0.05, 0) is 35.2 Å². The van der Waals surface area contributed by atoms with Crippen LogP contribution in [0.25, 0.3) is 0 Å². The molecular weight excluding hydrogens is 388 g/mol. The van der Waals surface area contributed by atoms with Crippen molar-refractivity contribution in [3.8, 4) is 5.75 Å². The van der Waals surface area contributed by atoms with E-state index in [9.17, 15) is 9.59 Å². The van der Waals surface area contributed by atoms with Crippen molar-refractivity contribution in [1.82, 2.24) is 10.2 Å². The third-order valence-corrected chi connectivity index (χ3v) is 5.15. The van der Waals surface area contributed by atoms with Gasteiger partial charge < -0.3 is 15.0 Å². The largest absolute Gasteiger partial charge is 0.497 e. The fourth-order valence-electron chi connectivity index (χ4n) is 3.49. The Morgan fingerprint density at radius 1 is 0.871 bits per heavy atom. The van der Waals surface area contributed by atoms with Gasteiger partial charge in [0.1, 0.15) is 11.8 Å². The zero-order chi connectivity index (χ0) is 22.1. The number of hydrogen-bond donors (Lipinski definition) is 1. The highest BCUT2D eigenvalue weighted by atomic mass is 16.5. The molecule has 0 bridgehead atoms. The van der Waals surface area contributed by atoms with Crippen LogP contribution in [0.3, 0.4) is 0 Å². The van der Waals surface area contributed by atoms with E-state index in [1.807, 2.05) is 84.9 Å². The Hall–Kier alpha value is -3.60. The van der Waals surface area contributed by atoms with Gasteiger partial charge in [0.25, 0.3) is 0 Å². The van der Waals surface area contributed by atoms with E-state index >= 15 is 0 Å². The van der Waals surface area contributed by atoms with E-state index in [0.717, 1.165) is 22.4 Å². The molecule has 0 aliphatic rings. The van der Waals surface area contributed by atoms with Crippen LogP contribution < -0.4 is 10.1 Å². The third kappa shape index (κ3) is 6.19. The van der Waals surface area contributed by atoms with Crippen LogP contribution in [0.4, 0.5) is 0 Å². The quantitative estimate of drug-likeness (QED) is 0.570. The number of carbonyl (C=O) groups excluding carboxylic acids is 2. The molecule has 0 spiro atoms. The zero-order valence-electron chi connectivity index (χ0n) is 18.0. The minimum atomic E-state index is -0.699. The first kappa shape index (κ1) is 22.1. The maximum Gasteiger partial charge on any atom is 0.247 e. The van der Waals surface area contributed by atoms with Gasteiger partial charge in [-0.15, -0.1) is 0 Å². The van der Waals surface area contributed by atoms with Crippen molar-refractivity contribution in [2.75, 3.05) is 13.7 Å². The lowest BCUT2D eigenvalue weighted by atomic mass is 10.0. The molecule has 5 nitrogen and oxygen atoms in total. The summed E-state index contributed by atoms with van der Waals surface area (Å²) in [6.45, 7) is 2.34. The van der Waals surface area contributed by atoms with Gasteiger partial charge >= 0.3 is 0 Å². The summed E-state index contributed by atoms with van der Waals surface area (Å²) in [5.41, 5.74) is 2.87. The Morgan fingerprint density at radius 3 is 2.06 bits per heavy atom. The molecule has 0 aromatic heterocycles. The minimum Gasteiger partial charge on any atom is -0.497 e. The number of amides is 2. The molecule has 31 heavy (non-hydrogen) atoms. The van der Waals surface area contributed by atoms with Crippen LogP contribution in [-0.4, -0.2) is 30.4 Å². The monoisotopic (exact) mass is 416 g/mol. The summed E-state index contributed by atoms with van der Waals surface area (Å²) < 4.78 is 5.18. The highest BCUT2D eigenvalue weighted by Crippen LogP contribution is 2.24. The molecular formula is C26H28N2O3. The van der Waals surface area contributed by atoms with Crippen molar-refractivity contribution in [2.45, 2.75) is 25.9 Å². The number of ether oxygens (including phenoxy) is 1. The second-order valence-corrected chi connectivity index (χ2v) is 7.33. The maximum absolute atomic E-state index is 13.2. The normalized spacial score (nSPS) is 11.4. The molecule has 1 N–H and O–H groups in total. The number of nitrogens with one attached hydrogen (secondary N) is 1. The maximum atomic E-state index is 13.2. The standard InChI is InChI=1S/C26H28N2O3/c1-20(29)28(19-22-9-5-3-6-10-22)25(23-11-7-4-8-12-23)26(30)27-18-17-21-13-15-24(31-2)16-14-21/h3-16,25H,17-19H2,1-2H3,(H,27,30)/t25-/m0/s1. The average Bonchev–Trinajstić information content (AvgIpc) is 2.80. The van der Waals surface area contributed by atoms with E-state index in [4.69, 9.17) is 4.74 Å². The average molecular weight is 417 g/mol. The van der Waals surface area contributed by atoms with Gasteiger partial charge in [0.15, 0.2) is 0 Å². The first-order valence-electron chi connectivity index (χ1n) is 10.3. The molecule has 3 aromatic carbocycles. The SMILES string of the molecule is COc1ccc(CCNC(=O)[C@H](c2ccccc2)N(Cc2ccccc2)C(C)=O)cc1. The first-order valence-corrected chi connectivity index (χ1v) is 10.3. The summed E-state index contributed by atoms with van der Waals surface area (Å²) in [5.74, 6) is 0.462. The van der Waals surface area contributed by atoms with Gasteiger partial charge in [-0.1, -0.05) is 72.8 Å². The topological polar surface area (TPSA) is 58.6 Å². The molecule has 0 fully saturated rings. The molecule has 0 aliphatic heterocycles. The molecule has 3 aromatic rings. The van der Waals surface area contributed by atoms with Gasteiger partial charge in [-0.2, -0.15) is 0 Å². The third-order valence-electron chi connectivity index (χ3n) is 5.15. The fourth-order valence-corrected chi connectivity index (χ4v) is 3.49. The molecule has 0 saturated carbocycles. The van der Waals surface area contributed by atoms with Crippen molar-refractivity contribution < 1.29 is 14.3 Å². The Morgan fingerprint density at radius 2 is 1.48 bits per heavy atom. The molecule has 160 valence electrons. The highest BCUT2D eigenvalue weighted by Gasteiger charge is 2.29. The lowest BCUT2D eigenvalue weighted by Gasteiger charge is -2.30. The molecule has 5 heteroatoms. The molecule has 0 saturated heterocycles. The first-order chi connectivity index (χ1) is 15.1. The summed E-state index contributed by atoms with van der Waals surface area (Å²) in [6, 6.07) is 26.2. The lowest BCUT2D eigenvalue weighted by Crippen LogP contribution is -2.43. The summed E-state index contributed by atoms with van der Waals surface area (Å²) in [5, 5.41) is 3.02. The molecule has 3 rings (SSSR count). The van der Waals surface area contributed by atoms with Crippen LogP contribution in [-0.2, 0) is 22.6 Å². The summed E-state index contributed by atoms with van der Waals surface area (Å²) in [4.78, 5) is 27.4. The van der Waals surface area contributed by atoms with Crippen molar-refractivity contribution in [1.29, 1.82) is 0 Å². The van der Waals surface area contributed by atoms with Crippen LogP contribution in [0.15, 0.2) is 84.9 Å². The van der Waals surface area contributed by atoms with Crippen LogP contribution in [0.1, 0.15) is 29.7 Å². The molecule has 2 amide bonds. The van der Waals surface area contributed by atoms with Gasteiger partial charge in [0.2, 0.25) is 11.8 Å². The molecule has 0 unspecified atom stereocenters. The Bertz CT molecular complexity index is 973. The minimum absolute atomic E-state index is 0.150. The summed E-state index contributed by atoms with van der Waals surface area (Å²) in [6.07, 6.45) is 0.690. The van der Waals surface area contributed by atoms with Crippen LogP contribution in [0.5, 0.6) is 5.75 Å². The van der Waals surface area contributed by atoms with E-state index < -0.39 is 6.04 Å². The van der Waals surface area contributed by atoms with Crippen LogP contribution >= 0.6 is 0 Å². The van der Waals surface area contributed by atoms with Gasteiger partial charge in [0, 0.05) is 20.0 Å². The second kappa shape index (κ2) is 11.0. The van der Waals surface area contributed by atoms with Gasteiger partial charge in [-0.25, -0.2) is 0 Å². The predicted molar refractivity (Wildman–Crippen MR) is 122 cm³/mol. The zero-order valence-corrected chi connectivity index (χ0v) is 18.0. The molecule has 0 aliphatic carbocycles. The number of carbonyl (C=O) groups is 2. The number of rotatable bonds is 9. The molecule has 1 atom stereocenters. The number of methoxy groups -OCH3 is 1. The Kier molecular flexibility index (Phi) is 7.82. The van der Waals surface area contributed by atoms with Crippen molar-refractivity contribution in [3.05, 3.63) is 102 Å². The Balaban J connectivity index is 1.75. The van der Waals surface area contributed by atoms with E-state index in [1.54, 1.807) is 12.0 Å². The van der Waals surface area contributed by atoms with Crippen molar-refractivity contribution in [2.24, 2.45) is 0 Å². The number of benzene rings is 3. The molecule has 0 heterocycles. The van der Waals surface area contributed by atoms with Crippen molar-refractivity contribution in [3.63, 3.8) is 0 Å². The summed E-state index contributed by atoms with van der Waals surface area (Å²) >= 11 is 0. The predicted octanol–water partition coefficient (Wildman–Crippen LogP) is 4.14. The lowest BCUT2D eigenvalue weighted by molar-refractivity contribution is -0.140. The van der Waals surface area contributed by atoms with Crippen LogP contribution in [0.2, 0.25) is 0 Å². The van der Waals surface area contributed by atoms with E-state index in [1.165, 1.54) is 6.92 Å². The van der Waals surface area contributed by atoms with E-state index in [0.29, 0.717) is 19.5 Å². The second-order valence-electron chi connectivity index (χ2n) is 7.33. The summed E-state index contributed by atoms with van der Waals surface area (Å²) in [7, 11) is 1.63.